The van der Waals surface area contributed by atoms with Gasteiger partial charge in [0.15, 0.2) is 16.4 Å². The summed E-state index contributed by atoms with van der Waals surface area (Å²) in [6, 6.07) is 13.5. The lowest BCUT2D eigenvalue weighted by atomic mass is 9.79. The van der Waals surface area contributed by atoms with Crippen molar-refractivity contribution in [3.63, 3.8) is 0 Å². The summed E-state index contributed by atoms with van der Waals surface area (Å²) in [6.07, 6.45) is 7.67. The van der Waals surface area contributed by atoms with Crippen LogP contribution in [-0.4, -0.2) is 46.2 Å². The van der Waals surface area contributed by atoms with Gasteiger partial charge in [-0.25, -0.2) is 13.2 Å². The maximum atomic E-state index is 14.0. The van der Waals surface area contributed by atoms with Gasteiger partial charge in [0.1, 0.15) is 5.75 Å². The first-order valence-electron chi connectivity index (χ1n) is 12.8. The second-order valence-electron chi connectivity index (χ2n) is 9.45. The first kappa shape index (κ1) is 28.4. The fraction of sp³-hybridized carbons (Fsp3) is 0.536. The number of hydrogen-bond donors (Lipinski definition) is 0. The highest BCUT2D eigenvalue weighted by atomic mass is 32.2. The Morgan fingerprint density at radius 3 is 2.31 bits per heavy atom. The van der Waals surface area contributed by atoms with Gasteiger partial charge in [-0.2, -0.15) is 0 Å². The molecule has 1 aliphatic heterocycles. The van der Waals surface area contributed by atoms with Gasteiger partial charge in [0, 0.05) is 23.7 Å². The second-order valence-corrected chi connectivity index (χ2v) is 12.3. The van der Waals surface area contributed by atoms with Crippen LogP contribution in [0.15, 0.2) is 52.3 Å². The summed E-state index contributed by atoms with van der Waals surface area (Å²) in [6.45, 7) is 6.68. The van der Waals surface area contributed by atoms with Gasteiger partial charge in [-0.05, 0) is 44.2 Å². The van der Waals surface area contributed by atoms with Crippen molar-refractivity contribution in [1.29, 1.82) is 0 Å². The minimum Gasteiger partial charge on any atom is -0.481 e. The molecule has 3 rings (SSSR count). The van der Waals surface area contributed by atoms with Crippen molar-refractivity contribution in [2.75, 3.05) is 36.7 Å². The first-order valence-corrected chi connectivity index (χ1v) is 15.7. The predicted molar refractivity (Wildman–Crippen MR) is 147 cm³/mol. The Balaban J connectivity index is 2.17. The molecule has 0 N–H and O–H groups in total. The second kappa shape index (κ2) is 12.9. The number of para-hydroxylation sites is 1. The van der Waals surface area contributed by atoms with Crippen LogP contribution in [0.2, 0.25) is 0 Å². The first-order chi connectivity index (χ1) is 17.3. The number of nitrogens with zero attached hydrogens (tertiary/aromatic N) is 1. The molecule has 2 aromatic rings. The molecule has 198 valence electrons. The van der Waals surface area contributed by atoms with E-state index in [1.165, 1.54) is 11.8 Å². The Kier molecular flexibility index (Phi) is 10.1. The van der Waals surface area contributed by atoms with E-state index >= 15 is 0 Å². The summed E-state index contributed by atoms with van der Waals surface area (Å²) in [5, 5.41) is 0. The van der Waals surface area contributed by atoms with Crippen molar-refractivity contribution in [2.45, 2.75) is 69.1 Å². The molecule has 0 unspecified atom stereocenters. The molecular weight excluding hydrogens is 494 g/mol. The third kappa shape index (κ3) is 6.76. The number of benzene rings is 2. The Hall–Kier alpha value is -2.19. The molecule has 0 aromatic heterocycles. The van der Waals surface area contributed by atoms with Crippen LogP contribution in [0.5, 0.6) is 5.75 Å². The number of rotatable bonds is 12. The Morgan fingerprint density at radius 2 is 1.72 bits per heavy atom. The van der Waals surface area contributed by atoms with E-state index in [1.54, 1.807) is 13.0 Å². The number of anilines is 2. The Morgan fingerprint density at radius 1 is 1.06 bits per heavy atom. The summed E-state index contributed by atoms with van der Waals surface area (Å²) < 4.78 is 38.8. The van der Waals surface area contributed by atoms with E-state index in [-0.39, 0.29) is 29.3 Å². The van der Waals surface area contributed by atoms with E-state index in [4.69, 9.17) is 9.47 Å². The minimum absolute atomic E-state index is 0.103. The van der Waals surface area contributed by atoms with Gasteiger partial charge in [-0.3, -0.25) is 0 Å². The lowest BCUT2D eigenvalue weighted by molar-refractivity contribution is -0.145. The molecule has 0 bridgehead atoms. The standard InChI is InChI=1S/C28H39NO5S2/c1-5-8-15-28(16-9-6-2)20-29(22-13-11-10-12-14-22)23-17-25(35-4)24(34-19-27(30)33-7-3)18-26(23)36(31,32)21-28/h10-14,17-18H,5-9,15-16,19-21H2,1-4H3. The molecule has 0 atom stereocenters. The topological polar surface area (TPSA) is 72.9 Å². The van der Waals surface area contributed by atoms with Crippen LogP contribution in [0.1, 0.15) is 59.3 Å². The molecule has 0 radical (unpaired) electrons. The van der Waals surface area contributed by atoms with Crippen LogP contribution in [0.3, 0.4) is 0 Å². The van der Waals surface area contributed by atoms with Crippen LogP contribution in [0.25, 0.3) is 0 Å². The monoisotopic (exact) mass is 533 g/mol. The molecule has 2 aromatic carbocycles. The Labute approximate surface area is 220 Å². The van der Waals surface area contributed by atoms with E-state index in [1.807, 2.05) is 42.7 Å². The van der Waals surface area contributed by atoms with E-state index in [0.717, 1.165) is 49.1 Å². The molecule has 6 nitrogen and oxygen atoms in total. The quantitative estimate of drug-likeness (QED) is 0.224. The predicted octanol–water partition coefficient (Wildman–Crippen LogP) is 6.64. The van der Waals surface area contributed by atoms with Crippen LogP contribution < -0.4 is 9.64 Å². The zero-order chi connectivity index (χ0) is 26.2. The third-order valence-corrected chi connectivity index (χ3v) is 9.45. The number of esters is 1. The maximum Gasteiger partial charge on any atom is 0.344 e. The molecule has 1 aliphatic rings. The molecule has 8 heteroatoms. The summed E-state index contributed by atoms with van der Waals surface area (Å²) in [5.41, 5.74) is 1.29. The summed E-state index contributed by atoms with van der Waals surface area (Å²) >= 11 is 1.47. The number of sulfone groups is 1. The normalized spacial score (nSPS) is 16.2. The molecule has 36 heavy (non-hydrogen) atoms. The lowest BCUT2D eigenvalue weighted by Crippen LogP contribution is -2.38. The van der Waals surface area contributed by atoms with E-state index in [2.05, 4.69) is 18.7 Å². The van der Waals surface area contributed by atoms with Gasteiger partial charge < -0.3 is 14.4 Å². The average molecular weight is 534 g/mol. The molecule has 0 amide bonds. The third-order valence-electron chi connectivity index (χ3n) is 6.70. The van der Waals surface area contributed by atoms with E-state index < -0.39 is 15.8 Å². The van der Waals surface area contributed by atoms with Gasteiger partial charge >= 0.3 is 5.97 Å². The average Bonchev–Trinajstić information content (AvgIpc) is 2.97. The molecule has 0 fully saturated rings. The lowest BCUT2D eigenvalue weighted by Gasteiger charge is -2.37. The van der Waals surface area contributed by atoms with Gasteiger partial charge in [0.05, 0.1) is 27.8 Å². The number of carbonyl (C=O) groups excluding carboxylic acids is 1. The van der Waals surface area contributed by atoms with E-state index in [9.17, 15) is 13.2 Å². The molecular formula is C28H39NO5S2. The molecule has 1 heterocycles. The smallest absolute Gasteiger partial charge is 0.344 e. The number of carbonyl (C=O) groups is 1. The number of ether oxygens (including phenoxy) is 2. The highest BCUT2D eigenvalue weighted by molar-refractivity contribution is 7.98. The van der Waals surface area contributed by atoms with Crippen molar-refractivity contribution >= 4 is 38.9 Å². The molecule has 0 aliphatic carbocycles. The summed E-state index contributed by atoms with van der Waals surface area (Å²) in [4.78, 5) is 15.2. The molecule has 0 saturated heterocycles. The van der Waals surface area contributed by atoms with Gasteiger partial charge in [0.2, 0.25) is 0 Å². The fourth-order valence-electron chi connectivity index (χ4n) is 4.92. The number of fused-ring (bicyclic) bond motifs is 1. The molecule has 0 saturated carbocycles. The minimum atomic E-state index is -3.63. The van der Waals surface area contributed by atoms with Crippen molar-refractivity contribution in [2.24, 2.45) is 5.41 Å². The van der Waals surface area contributed by atoms with Crippen LogP contribution >= 0.6 is 11.8 Å². The van der Waals surface area contributed by atoms with Crippen LogP contribution in [-0.2, 0) is 19.4 Å². The summed E-state index contributed by atoms with van der Waals surface area (Å²) in [7, 11) is -3.63. The maximum absolute atomic E-state index is 14.0. The SMILES string of the molecule is CCCCC1(CCCC)CN(c2ccccc2)c2cc(SC)c(OCC(=O)OCC)cc2S(=O)(=O)C1. The number of hydrogen-bond acceptors (Lipinski definition) is 7. The van der Waals surface area contributed by atoms with Crippen molar-refractivity contribution in [3.05, 3.63) is 42.5 Å². The van der Waals surface area contributed by atoms with Crippen LogP contribution in [0.4, 0.5) is 11.4 Å². The summed E-state index contributed by atoms with van der Waals surface area (Å²) in [5.74, 6) is 0.0126. The van der Waals surface area contributed by atoms with Crippen molar-refractivity contribution in [3.8, 4) is 5.75 Å². The largest absolute Gasteiger partial charge is 0.481 e. The van der Waals surface area contributed by atoms with Crippen molar-refractivity contribution in [1.82, 2.24) is 0 Å². The van der Waals surface area contributed by atoms with Gasteiger partial charge in [-0.1, -0.05) is 57.7 Å². The zero-order valence-corrected chi connectivity index (χ0v) is 23.6. The van der Waals surface area contributed by atoms with Gasteiger partial charge in [-0.15, -0.1) is 11.8 Å². The van der Waals surface area contributed by atoms with Gasteiger partial charge in [0.25, 0.3) is 0 Å². The van der Waals surface area contributed by atoms with Crippen LogP contribution in [0, 0.1) is 5.41 Å². The molecule has 0 spiro atoms. The highest BCUT2D eigenvalue weighted by Crippen LogP contribution is 2.47. The van der Waals surface area contributed by atoms with E-state index in [0.29, 0.717) is 18.0 Å². The number of unbranched alkanes of at least 4 members (excludes halogenated alkanes) is 2. The zero-order valence-electron chi connectivity index (χ0n) is 21.9. The van der Waals surface area contributed by atoms with Crippen molar-refractivity contribution < 1.29 is 22.7 Å². The highest BCUT2D eigenvalue weighted by Gasteiger charge is 2.42. The Bertz CT molecular complexity index is 1110. The fourth-order valence-corrected chi connectivity index (χ4v) is 7.58. The number of thioether (sulfide) groups is 1.